The lowest BCUT2D eigenvalue weighted by atomic mass is 9.97. The standard InChI is InChI=1S/C28H43N3O8S/c1-8-17(2)23(26(35)36)31-25(34)19(13-14-21(32)18-11-9-10-12-22(18)38-6)29-24(33)20(15-16-40-7)30-27(37)39-28(3,4)5/h9-12,17,19-20,23H,8,13-16H2,1-7H3,(H,29,33)(H,30,37)(H,31,34)(H,35,36)/t17-,19-,20-,23-/m0/s1. The molecule has 0 bridgehead atoms. The normalized spacial score (nSPS) is 14.2. The van der Waals surface area contributed by atoms with Gasteiger partial charge in [0.2, 0.25) is 11.8 Å². The van der Waals surface area contributed by atoms with Gasteiger partial charge in [-0.05, 0) is 63.7 Å². The Kier molecular flexibility index (Phi) is 14.5. The smallest absolute Gasteiger partial charge is 0.408 e. The molecule has 0 saturated heterocycles. The summed E-state index contributed by atoms with van der Waals surface area (Å²) >= 11 is 1.47. The van der Waals surface area contributed by atoms with Crippen LogP contribution in [0.1, 0.15) is 70.7 Å². The molecule has 40 heavy (non-hydrogen) atoms. The molecule has 0 unspecified atom stereocenters. The van der Waals surface area contributed by atoms with Gasteiger partial charge in [0, 0.05) is 6.42 Å². The number of benzene rings is 1. The fourth-order valence-electron chi connectivity index (χ4n) is 3.72. The van der Waals surface area contributed by atoms with Gasteiger partial charge < -0.3 is 30.5 Å². The summed E-state index contributed by atoms with van der Waals surface area (Å²) < 4.78 is 10.5. The van der Waals surface area contributed by atoms with E-state index < -0.39 is 47.6 Å². The van der Waals surface area contributed by atoms with E-state index in [1.54, 1.807) is 58.9 Å². The number of para-hydroxylation sites is 1. The van der Waals surface area contributed by atoms with E-state index >= 15 is 0 Å². The molecule has 11 nitrogen and oxygen atoms in total. The lowest BCUT2D eigenvalue weighted by Gasteiger charge is -2.27. The van der Waals surface area contributed by atoms with Gasteiger partial charge in [0.25, 0.3) is 0 Å². The molecule has 12 heteroatoms. The summed E-state index contributed by atoms with van der Waals surface area (Å²) in [5.41, 5.74) is -0.462. The number of alkyl carbamates (subject to hydrolysis) is 1. The highest BCUT2D eigenvalue weighted by Crippen LogP contribution is 2.20. The topological polar surface area (TPSA) is 160 Å². The molecule has 0 spiro atoms. The third-order valence-electron chi connectivity index (χ3n) is 6.10. The lowest BCUT2D eigenvalue weighted by Crippen LogP contribution is -2.57. The molecule has 0 heterocycles. The Morgan fingerprint density at radius 3 is 2.12 bits per heavy atom. The molecule has 0 fully saturated rings. The number of carboxylic acids is 1. The van der Waals surface area contributed by atoms with Crippen LogP contribution in [0.2, 0.25) is 0 Å². The molecule has 0 aromatic heterocycles. The summed E-state index contributed by atoms with van der Waals surface area (Å²) in [5.74, 6) is -2.38. The predicted molar refractivity (Wildman–Crippen MR) is 154 cm³/mol. The minimum atomic E-state index is -1.24. The predicted octanol–water partition coefficient (Wildman–Crippen LogP) is 3.40. The third-order valence-corrected chi connectivity index (χ3v) is 6.74. The number of carbonyl (C=O) groups is 5. The number of ketones is 1. The van der Waals surface area contributed by atoms with E-state index in [1.807, 2.05) is 6.26 Å². The van der Waals surface area contributed by atoms with Crippen molar-refractivity contribution in [2.75, 3.05) is 19.1 Å². The lowest BCUT2D eigenvalue weighted by molar-refractivity contribution is -0.143. The van der Waals surface area contributed by atoms with Crippen LogP contribution in [0.5, 0.6) is 5.75 Å². The molecule has 1 aromatic rings. The summed E-state index contributed by atoms with van der Waals surface area (Å²) in [5, 5.41) is 17.3. The second-order valence-corrected chi connectivity index (χ2v) is 11.4. The zero-order valence-electron chi connectivity index (χ0n) is 24.4. The third kappa shape index (κ3) is 11.8. The maximum Gasteiger partial charge on any atom is 0.408 e. The first-order valence-electron chi connectivity index (χ1n) is 13.2. The maximum atomic E-state index is 13.3. The summed E-state index contributed by atoms with van der Waals surface area (Å²) in [7, 11) is 1.44. The minimum Gasteiger partial charge on any atom is -0.496 e. The SMILES string of the molecule is CC[C@H](C)[C@H](NC(=O)[C@H](CCC(=O)c1ccccc1OC)NC(=O)[C@H](CCSC)NC(=O)OC(C)(C)C)C(=O)O. The van der Waals surface area contributed by atoms with Crippen LogP contribution in [-0.4, -0.2) is 77.6 Å². The number of amides is 3. The van der Waals surface area contributed by atoms with Crippen molar-refractivity contribution in [3.63, 3.8) is 0 Å². The van der Waals surface area contributed by atoms with Crippen molar-refractivity contribution >= 4 is 41.4 Å². The van der Waals surface area contributed by atoms with Gasteiger partial charge in [-0.25, -0.2) is 9.59 Å². The highest BCUT2D eigenvalue weighted by atomic mass is 32.2. The Bertz CT molecular complexity index is 1030. The van der Waals surface area contributed by atoms with Gasteiger partial charge in [-0.15, -0.1) is 0 Å². The van der Waals surface area contributed by atoms with Gasteiger partial charge >= 0.3 is 12.1 Å². The van der Waals surface area contributed by atoms with Crippen LogP contribution in [0, 0.1) is 5.92 Å². The Morgan fingerprint density at radius 2 is 1.57 bits per heavy atom. The fraction of sp³-hybridized carbons (Fsp3) is 0.607. The zero-order chi connectivity index (χ0) is 30.5. The number of ether oxygens (including phenoxy) is 2. The van der Waals surface area contributed by atoms with E-state index in [1.165, 1.54) is 18.9 Å². The number of rotatable bonds is 16. The molecule has 0 radical (unpaired) electrons. The highest BCUT2D eigenvalue weighted by Gasteiger charge is 2.32. The number of nitrogens with one attached hydrogen (secondary N) is 3. The molecule has 0 aliphatic heterocycles. The average molecular weight is 582 g/mol. The van der Waals surface area contributed by atoms with Crippen LogP contribution in [0.3, 0.4) is 0 Å². The van der Waals surface area contributed by atoms with E-state index in [0.717, 1.165) is 0 Å². The monoisotopic (exact) mass is 581 g/mol. The van der Waals surface area contributed by atoms with Crippen LogP contribution in [0.15, 0.2) is 24.3 Å². The molecule has 4 N–H and O–H groups in total. The van der Waals surface area contributed by atoms with Crippen LogP contribution >= 0.6 is 11.8 Å². The second kappa shape index (κ2) is 16.7. The number of aliphatic carboxylic acids is 1. The number of methoxy groups -OCH3 is 1. The maximum absolute atomic E-state index is 13.3. The van der Waals surface area contributed by atoms with Crippen LogP contribution in [-0.2, 0) is 19.1 Å². The molecule has 1 aromatic carbocycles. The first-order chi connectivity index (χ1) is 18.7. The van der Waals surface area contributed by atoms with E-state index in [-0.39, 0.29) is 31.0 Å². The van der Waals surface area contributed by atoms with Crippen molar-refractivity contribution in [1.29, 1.82) is 0 Å². The Balaban J connectivity index is 3.19. The van der Waals surface area contributed by atoms with Crippen molar-refractivity contribution in [1.82, 2.24) is 16.0 Å². The summed E-state index contributed by atoms with van der Waals surface area (Å²) in [4.78, 5) is 63.8. The quantitative estimate of drug-likeness (QED) is 0.215. The summed E-state index contributed by atoms with van der Waals surface area (Å²) in [6.07, 6.45) is 1.58. The van der Waals surface area contributed by atoms with Gasteiger partial charge in [0.15, 0.2) is 5.78 Å². The highest BCUT2D eigenvalue weighted by molar-refractivity contribution is 7.98. The van der Waals surface area contributed by atoms with Crippen molar-refractivity contribution in [2.45, 2.75) is 84.0 Å². The van der Waals surface area contributed by atoms with Crippen molar-refractivity contribution in [2.24, 2.45) is 5.92 Å². The van der Waals surface area contributed by atoms with E-state index in [0.29, 0.717) is 23.5 Å². The molecule has 0 aliphatic rings. The van der Waals surface area contributed by atoms with Crippen molar-refractivity contribution in [3.8, 4) is 5.75 Å². The average Bonchev–Trinajstić information content (AvgIpc) is 2.89. The summed E-state index contributed by atoms with van der Waals surface area (Å²) in [6.45, 7) is 8.58. The molecule has 0 saturated carbocycles. The van der Waals surface area contributed by atoms with Gasteiger partial charge in [-0.1, -0.05) is 32.4 Å². The first-order valence-corrected chi connectivity index (χ1v) is 14.6. The van der Waals surface area contributed by atoms with E-state index in [9.17, 15) is 29.1 Å². The van der Waals surface area contributed by atoms with E-state index in [4.69, 9.17) is 9.47 Å². The van der Waals surface area contributed by atoms with Crippen molar-refractivity contribution < 1.29 is 38.6 Å². The first kappa shape index (κ1) is 34.7. The van der Waals surface area contributed by atoms with Crippen LogP contribution in [0.4, 0.5) is 4.79 Å². The molecule has 224 valence electrons. The molecule has 4 atom stereocenters. The molecule has 0 aliphatic carbocycles. The number of hydrogen-bond donors (Lipinski definition) is 4. The summed E-state index contributed by atoms with van der Waals surface area (Å²) in [6, 6.07) is 3.20. The number of hydrogen-bond acceptors (Lipinski definition) is 8. The number of thioether (sulfide) groups is 1. The van der Waals surface area contributed by atoms with Crippen molar-refractivity contribution in [3.05, 3.63) is 29.8 Å². The molecular weight excluding hydrogens is 538 g/mol. The van der Waals surface area contributed by atoms with Gasteiger partial charge in [-0.3, -0.25) is 14.4 Å². The number of carbonyl (C=O) groups excluding carboxylic acids is 4. The van der Waals surface area contributed by atoms with Crippen LogP contribution in [0.25, 0.3) is 0 Å². The molecular formula is C28H43N3O8S. The molecule has 3 amide bonds. The van der Waals surface area contributed by atoms with E-state index in [2.05, 4.69) is 16.0 Å². The minimum absolute atomic E-state index is 0.108. The fourth-order valence-corrected chi connectivity index (χ4v) is 4.19. The molecule has 1 rings (SSSR count). The largest absolute Gasteiger partial charge is 0.496 e. The Morgan fingerprint density at radius 1 is 0.975 bits per heavy atom. The Hall–Kier alpha value is -3.28. The Labute approximate surface area is 240 Å². The van der Waals surface area contributed by atoms with Gasteiger partial charge in [-0.2, -0.15) is 11.8 Å². The van der Waals surface area contributed by atoms with Gasteiger partial charge in [0.05, 0.1) is 12.7 Å². The number of carboxylic acid groups (broad SMARTS) is 1. The number of Topliss-reactive ketones (excluding diaryl/α,β-unsaturated/α-hetero) is 1. The van der Waals surface area contributed by atoms with Crippen LogP contribution < -0.4 is 20.7 Å². The second-order valence-electron chi connectivity index (χ2n) is 10.4. The zero-order valence-corrected chi connectivity index (χ0v) is 25.2. The van der Waals surface area contributed by atoms with Gasteiger partial charge in [0.1, 0.15) is 29.5 Å².